The molecule has 4 aromatic carbocycles. The number of para-hydroxylation sites is 1. The highest BCUT2D eigenvalue weighted by atomic mass is 79.9. The lowest BCUT2D eigenvalue weighted by Gasteiger charge is -2.15. The lowest BCUT2D eigenvalue weighted by atomic mass is 10.1. The van der Waals surface area contributed by atoms with Gasteiger partial charge in [-0.05, 0) is 76.1 Å². The van der Waals surface area contributed by atoms with Crippen LogP contribution in [-0.4, -0.2) is 34.1 Å². The number of benzene rings is 4. The Hall–Kier alpha value is -4.45. The van der Waals surface area contributed by atoms with Crippen molar-refractivity contribution in [2.24, 2.45) is 5.10 Å². The van der Waals surface area contributed by atoms with Crippen molar-refractivity contribution in [3.63, 3.8) is 0 Å². The Morgan fingerprint density at radius 1 is 1.09 bits per heavy atom. The summed E-state index contributed by atoms with van der Waals surface area (Å²) in [5, 5.41) is 15.2. The van der Waals surface area contributed by atoms with E-state index in [0.29, 0.717) is 43.6 Å². The van der Waals surface area contributed by atoms with Crippen molar-refractivity contribution in [1.29, 1.82) is 0 Å². The first-order chi connectivity index (χ1) is 21.2. The molecule has 0 atom stereocenters. The quantitative estimate of drug-likeness (QED) is 0.157. The molecule has 0 unspecified atom stereocenters. The summed E-state index contributed by atoms with van der Waals surface area (Å²) >= 11 is 13.7. The van der Waals surface area contributed by atoms with E-state index < -0.39 is 5.97 Å². The van der Waals surface area contributed by atoms with E-state index in [-0.39, 0.29) is 34.3 Å². The maximum absolute atomic E-state index is 13.7. The van der Waals surface area contributed by atoms with Crippen molar-refractivity contribution >= 4 is 77.5 Å². The molecule has 0 aliphatic carbocycles. The summed E-state index contributed by atoms with van der Waals surface area (Å²) in [4.78, 5) is 29.7. The van der Waals surface area contributed by atoms with Gasteiger partial charge in [-0.2, -0.15) is 9.78 Å². The topological polar surface area (TPSA) is 116 Å². The molecule has 2 aromatic heterocycles. The zero-order valence-electron chi connectivity index (χ0n) is 22.8. The van der Waals surface area contributed by atoms with Gasteiger partial charge in [-0.15, -0.1) is 0 Å². The first kappa shape index (κ1) is 29.6. The highest BCUT2D eigenvalue weighted by molar-refractivity contribution is 9.10. The predicted octanol–water partition coefficient (Wildman–Crippen LogP) is 8.16. The Morgan fingerprint density at radius 2 is 1.91 bits per heavy atom. The fourth-order valence-corrected chi connectivity index (χ4v) is 5.60. The van der Waals surface area contributed by atoms with Crippen molar-refractivity contribution < 1.29 is 23.8 Å². The number of rotatable bonds is 8. The Labute approximate surface area is 271 Å². The van der Waals surface area contributed by atoms with E-state index in [1.807, 2.05) is 18.2 Å². The summed E-state index contributed by atoms with van der Waals surface area (Å²) < 4.78 is 20.1. The van der Waals surface area contributed by atoms with Crippen molar-refractivity contribution in [3.05, 3.63) is 120 Å². The second-order valence-electron chi connectivity index (χ2n) is 9.53. The number of carboxylic acid groups (broad SMARTS) is 1. The van der Waals surface area contributed by atoms with E-state index in [1.54, 1.807) is 48.5 Å². The summed E-state index contributed by atoms with van der Waals surface area (Å²) in [6.45, 7) is 0.0483. The first-order valence-electron chi connectivity index (χ1n) is 13.0. The minimum atomic E-state index is -1.04. The Balaban J connectivity index is 1.40. The van der Waals surface area contributed by atoms with Crippen LogP contribution in [0.1, 0.15) is 21.5 Å². The number of carbonyl (C=O) groups is 1. The molecular formula is C32H20Br2ClN3O6. The number of nitrogens with zero attached hydrogens (tertiary/aromatic N) is 3. The molecule has 44 heavy (non-hydrogen) atoms. The van der Waals surface area contributed by atoms with Gasteiger partial charge in [-0.1, -0.05) is 51.8 Å². The number of furan rings is 1. The number of aromatic carboxylic acids is 1. The molecule has 9 nitrogen and oxygen atoms in total. The van der Waals surface area contributed by atoms with Gasteiger partial charge in [0, 0.05) is 19.9 Å². The molecule has 6 aromatic rings. The van der Waals surface area contributed by atoms with Crippen molar-refractivity contribution in [2.45, 2.75) is 6.61 Å². The minimum Gasteiger partial charge on any atom is -0.493 e. The number of hydrogen-bond donors (Lipinski definition) is 1. The van der Waals surface area contributed by atoms with Crippen LogP contribution in [0.15, 0.2) is 102 Å². The van der Waals surface area contributed by atoms with E-state index in [9.17, 15) is 14.7 Å². The first-order valence-corrected chi connectivity index (χ1v) is 15.0. The van der Waals surface area contributed by atoms with Gasteiger partial charge in [0.2, 0.25) is 5.82 Å². The molecule has 1 N–H and O–H groups in total. The third kappa shape index (κ3) is 5.73. The molecule has 220 valence electrons. The molecule has 0 spiro atoms. The van der Waals surface area contributed by atoms with Gasteiger partial charge in [-0.3, -0.25) is 4.79 Å². The molecular weight excluding hydrogens is 718 g/mol. The summed E-state index contributed by atoms with van der Waals surface area (Å²) in [5.41, 5.74) is 2.02. The van der Waals surface area contributed by atoms with Gasteiger partial charge >= 0.3 is 5.97 Å². The van der Waals surface area contributed by atoms with Crippen LogP contribution in [-0.2, 0) is 6.61 Å². The third-order valence-electron chi connectivity index (χ3n) is 6.70. The van der Waals surface area contributed by atoms with Crippen LogP contribution in [0, 0.1) is 0 Å². The molecule has 0 amide bonds. The van der Waals surface area contributed by atoms with E-state index >= 15 is 0 Å². The normalized spacial score (nSPS) is 11.5. The molecule has 12 heteroatoms. The molecule has 0 saturated carbocycles. The zero-order valence-corrected chi connectivity index (χ0v) is 26.7. The molecule has 2 heterocycles. The Kier molecular flexibility index (Phi) is 8.26. The molecule has 0 bridgehead atoms. The van der Waals surface area contributed by atoms with Crippen LogP contribution in [0.5, 0.6) is 11.5 Å². The molecule has 0 radical (unpaired) electrons. The van der Waals surface area contributed by atoms with Gasteiger partial charge < -0.3 is 19.0 Å². The smallest absolute Gasteiger partial charge is 0.335 e. The largest absolute Gasteiger partial charge is 0.493 e. The lowest BCUT2D eigenvalue weighted by Crippen LogP contribution is -2.20. The number of ether oxygens (including phenoxy) is 2. The van der Waals surface area contributed by atoms with E-state index in [2.05, 4.69) is 37.0 Å². The van der Waals surface area contributed by atoms with Gasteiger partial charge in [-0.25, -0.2) is 9.78 Å². The molecule has 0 aliphatic heterocycles. The van der Waals surface area contributed by atoms with Crippen molar-refractivity contribution in [3.8, 4) is 23.1 Å². The fraction of sp³-hybridized carbons (Fsp3) is 0.0625. The van der Waals surface area contributed by atoms with Gasteiger partial charge in [0.05, 0.1) is 29.8 Å². The van der Waals surface area contributed by atoms with Crippen LogP contribution < -0.4 is 15.0 Å². The van der Waals surface area contributed by atoms with E-state index in [4.69, 9.17) is 30.5 Å². The summed E-state index contributed by atoms with van der Waals surface area (Å²) in [6, 6.07) is 22.5. The number of methoxy groups -OCH3 is 1. The van der Waals surface area contributed by atoms with Crippen LogP contribution >= 0.6 is 43.5 Å². The zero-order chi connectivity index (χ0) is 31.0. The van der Waals surface area contributed by atoms with Crippen LogP contribution in [0.4, 0.5) is 0 Å². The van der Waals surface area contributed by atoms with Crippen LogP contribution in [0.3, 0.4) is 0 Å². The fourth-order valence-electron chi connectivity index (χ4n) is 4.57. The number of fused-ring (bicyclic) bond motifs is 2. The predicted molar refractivity (Wildman–Crippen MR) is 175 cm³/mol. The van der Waals surface area contributed by atoms with E-state index in [0.717, 1.165) is 9.86 Å². The van der Waals surface area contributed by atoms with Crippen LogP contribution in [0.25, 0.3) is 33.5 Å². The second-order valence-corrected chi connectivity index (χ2v) is 11.6. The average molecular weight is 738 g/mol. The number of carboxylic acids is 1. The standard InChI is InChI=1S/C32H20Br2ClN3O6/c1-42-25-14-20(27(34)28(35)29(25)43-16-17-5-4-6-18(11-17)32(40)41)15-36-38-30(37-23-8-3-2-7-22(23)31(38)39)26-13-19-12-21(33)9-10-24(19)44-26/h2-15H,16H2,1H3,(H,40,41). The number of hydrogen-bond acceptors (Lipinski definition) is 7. The molecule has 0 fully saturated rings. The number of halogens is 3. The lowest BCUT2D eigenvalue weighted by molar-refractivity contribution is 0.0696. The van der Waals surface area contributed by atoms with Crippen molar-refractivity contribution in [1.82, 2.24) is 9.66 Å². The average Bonchev–Trinajstić information content (AvgIpc) is 3.45. The highest BCUT2D eigenvalue weighted by Crippen LogP contribution is 2.42. The summed E-state index contributed by atoms with van der Waals surface area (Å²) in [5.74, 6) is 0.100. The monoisotopic (exact) mass is 735 g/mol. The summed E-state index contributed by atoms with van der Waals surface area (Å²) in [6.07, 6.45) is 1.46. The van der Waals surface area contributed by atoms with E-state index in [1.165, 1.54) is 30.1 Å². The SMILES string of the molecule is COc1cc(C=Nn2c(-c3cc4cc(Br)ccc4o3)nc3ccccc3c2=O)c(Br)c(Cl)c1OCc1cccc(C(=O)O)c1. The van der Waals surface area contributed by atoms with Gasteiger partial charge in [0.1, 0.15) is 17.2 Å². The Morgan fingerprint density at radius 3 is 2.70 bits per heavy atom. The maximum Gasteiger partial charge on any atom is 0.335 e. The molecule has 0 aliphatic rings. The maximum atomic E-state index is 13.7. The van der Waals surface area contributed by atoms with Crippen molar-refractivity contribution in [2.75, 3.05) is 7.11 Å². The molecule has 0 saturated heterocycles. The number of aromatic nitrogens is 2. The molecule has 6 rings (SSSR count). The third-order valence-corrected chi connectivity index (χ3v) is 8.63. The highest BCUT2D eigenvalue weighted by Gasteiger charge is 2.19. The minimum absolute atomic E-state index is 0.0483. The van der Waals surface area contributed by atoms with Gasteiger partial charge in [0.25, 0.3) is 5.56 Å². The summed E-state index contributed by atoms with van der Waals surface area (Å²) in [7, 11) is 1.47. The Bertz CT molecular complexity index is 2180. The van der Waals surface area contributed by atoms with Crippen LogP contribution in [0.2, 0.25) is 5.02 Å². The second kappa shape index (κ2) is 12.3. The van der Waals surface area contributed by atoms with Gasteiger partial charge in [0.15, 0.2) is 17.3 Å².